The normalized spacial score (nSPS) is 13.6. The zero-order valence-electron chi connectivity index (χ0n) is 13.0. The lowest BCUT2D eigenvalue weighted by Crippen LogP contribution is -2.25. The number of benzene rings is 1. The molecule has 0 radical (unpaired) electrons. The Balaban J connectivity index is 1.85. The van der Waals surface area contributed by atoms with Gasteiger partial charge < -0.3 is 15.0 Å². The summed E-state index contributed by atoms with van der Waals surface area (Å²) >= 11 is 0. The highest BCUT2D eigenvalue weighted by Gasteiger charge is 2.23. The van der Waals surface area contributed by atoms with Crippen LogP contribution in [0.25, 0.3) is 16.9 Å². The van der Waals surface area contributed by atoms with Gasteiger partial charge in [0.25, 0.3) is 0 Å². The van der Waals surface area contributed by atoms with E-state index in [1.807, 2.05) is 45.8 Å². The molecule has 0 unspecified atom stereocenters. The molecule has 1 aromatic carbocycles. The number of imidazole rings is 1. The van der Waals surface area contributed by atoms with Gasteiger partial charge in [0, 0.05) is 37.5 Å². The molecule has 5 heteroatoms. The van der Waals surface area contributed by atoms with E-state index >= 15 is 0 Å². The number of nitrogens with two attached hydrogens (primary N) is 1. The standard InChI is InChI=1S/C18H18N4O/c1-12(23)21-9-7-13-10-14(5-6-15(13)21)18-16(11-19)22-8-3-2-4-17(22)20-18/h2-6,8,10H,7,9,11,19H2,1H3. The Morgan fingerprint density at radius 3 is 2.96 bits per heavy atom. The number of anilines is 1. The van der Waals surface area contributed by atoms with Gasteiger partial charge in [-0.05, 0) is 36.2 Å². The molecule has 3 aromatic rings. The van der Waals surface area contributed by atoms with Gasteiger partial charge >= 0.3 is 0 Å². The molecule has 0 bridgehead atoms. The van der Waals surface area contributed by atoms with E-state index in [1.54, 1.807) is 6.92 Å². The van der Waals surface area contributed by atoms with Gasteiger partial charge in [0.05, 0.1) is 11.4 Å². The molecule has 4 rings (SSSR count). The number of carbonyl (C=O) groups excluding carboxylic acids is 1. The molecule has 1 aliphatic rings. The zero-order chi connectivity index (χ0) is 16.0. The number of hydrogen-bond acceptors (Lipinski definition) is 3. The summed E-state index contributed by atoms with van der Waals surface area (Å²) in [6.45, 7) is 2.79. The second kappa shape index (κ2) is 5.21. The van der Waals surface area contributed by atoms with Crippen LogP contribution in [-0.4, -0.2) is 21.8 Å². The molecule has 0 fully saturated rings. The predicted molar refractivity (Wildman–Crippen MR) is 90.3 cm³/mol. The average Bonchev–Trinajstić information content (AvgIpc) is 3.15. The van der Waals surface area contributed by atoms with Crippen molar-refractivity contribution >= 4 is 17.2 Å². The van der Waals surface area contributed by atoms with E-state index in [4.69, 9.17) is 10.7 Å². The molecule has 0 saturated heterocycles. The quantitative estimate of drug-likeness (QED) is 0.790. The molecule has 0 aliphatic carbocycles. The van der Waals surface area contributed by atoms with Crippen LogP contribution in [0.15, 0.2) is 42.6 Å². The first kappa shape index (κ1) is 14.0. The van der Waals surface area contributed by atoms with Gasteiger partial charge in [-0.1, -0.05) is 12.1 Å². The van der Waals surface area contributed by atoms with Crippen LogP contribution in [-0.2, 0) is 17.8 Å². The van der Waals surface area contributed by atoms with Crippen LogP contribution in [0.4, 0.5) is 5.69 Å². The summed E-state index contributed by atoms with van der Waals surface area (Å²) in [5.74, 6) is 0.0897. The lowest BCUT2D eigenvalue weighted by Gasteiger charge is -2.14. The number of amides is 1. The maximum Gasteiger partial charge on any atom is 0.223 e. The van der Waals surface area contributed by atoms with Crippen molar-refractivity contribution in [1.82, 2.24) is 9.38 Å². The molecule has 0 atom stereocenters. The van der Waals surface area contributed by atoms with Crippen molar-refractivity contribution in [2.24, 2.45) is 5.73 Å². The first-order valence-electron chi connectivity index (χ1n) is 7.76. The molecule has 3 heterocycles. The Labute approximate surface area is 134 Å². The van der Waals surface area contributed by atoms with E-state index in [2.05, 4.69) is 6.07 Å². The minimum Gasteiger partial charge on any atom is -0.325 e. The molecule has 0 spiro atoms. The average molecular weight is 306 g/mol. The Morgan fingerprint density at radius 2 is 2.17 bits per heavy atom. The third kappa shape index (κ3) is 2.12. The molecule has 1 amide bonds. The number of nitrogens with zero attached hydrogens (tertiary/aromatic N) is 3. The van der Waals surface area contributed by atoms with Crippen LogP contribution >= 0.6 is 0 Å². The maximum absolute atomic E-state index is 11.7. The van der Waals surface area contributed by atoms with Crippen LogP contribution in [0.2, 0.25) is 0 Å². The summed E-state index contributed by atoms with van der Waals surface area (Å²) in [5, 5.41) is 0. The summed E-state index contributed by atoms with van der Waals surface area (Å²) < 4.78 is 2.03. The summed E-state index contributed by atoms with van der Waals surface area (Å²) in [4.78, 5) is 18.2. The third-order valence-corrected chi connectivity index (χ3v) is 4.45. The number of rotatable bonds is 2. The summed E-state index contributed by atoms with van der Waals surface area (Å²) in [6.07, 6.45) is 2.87. The number of pyridine rings is 1. The Hall–Kier alpha value is -2.66. The SMILES string of the molecule is CC(=O)N1CCc2cc(-c3nc4ccccn4c3CN)ccc21. The van der Waals surface area contributed by atoms with E-state index in [-0.39, 0.29) is 5.91 Å². The van der Waals surface area contributed by atoms with Gasteiger partial charge in [-0.2, -0.15) is 0 Å². The second-order valence-corrected chi connectivity index (χ2v) is 5.80. The van der Waals surface area contributed by atoms with Crippen LogP contribution < -0.4 is 10.6 Å². The van der Waals surface area contributed by atoms with Crippen LogP contribution in [0.3, 0.4) is 0 Å². The molecule has 116 valence electrons. The van der Waals surface area contributed by atoms with E-state index in [0.29, 0.717) is 6.54 Å². The molecular formula is C18H18N4O. The molecule has 5 nitrogen and oxygen atoms in total. The molecule has 23 heavy (non-hydrogen) atoms. The van der Waals surface area contributed by atoms with Crippen molar-refractivity contribution in [3.8, 4) is 11.3 Å². The van der Waals surface area contributed by atoms with Gasteiger partial charge in [0.2, 0.25) is 5.91 Å². The Morgan fingerprint density at radius 1 is 1.30 bits per heavy atom. The minimum absolute atomic E-state index is 0.0897. The van der Waals surface area contributed by atoms with Crippen LogP contribution in [0.1, 0.15) is 18.2 Å². The van der Waals surface area contributed by atoms with E-state index in [1.165, 1.54) is 5.56 Å². The smallest absolute Gasteiger partial charge is 0.223 e. The van der Waals surface area contributed by atoms with Gasteiger partial charge in [0.1, 0.15) is 5.65 Å². The summed E-state index contributed by atoms with van der Waals surface area (Å²) in [7, 11) is 0. The summed E-state index contributed by atoms with van der Waals surface area (Å²) in [6, 6.07) is 12.1. The van der Waals surface area contributed by atoms with Crippen molar-refractivity contribution in [3.63, 3.8) is 0 Å². The predicted octanol–water partition coefficient (Wildman–Crippen LogP) is 2.37. The van der Waals surface area contributed by atoms with Crippen molar-refractivity contribution in [2.45, 2.75) is 19.9 Å². The topological polar surface area (TPSA) is 63.6 Å². The monoisotopic (exact) mass is 306 g/mol. The molecule has 1 aliphatic heterocycles. The summed E-state index contributed by atoms with van der Waals surface area (Å²) in [5.41, 5.74) is 12.0. The maximum atomic E-state index is 11.7. The van der Waals surface area contributed by atoms with E-state index in [9.17, 15) is 4.79 Å². The van der Waals surface area contributed by atoms with Crippen molar-refractivity contribution in [3.05, 3.63) is 53.9 Å². The Kier molecular flexibility index (Phi) is 3.16. The fraction of sp³-hybridized carbons (Fsp3) is 0.222. The second-order valence-electron chi connectivity index (χ2n) is 5.80. The van der Waals surface area contributed by atoms with Crippen molar-refractivity contribution < 1.29 is 4.79 Å². The first-order valence-corrected chi connectivity index (χ1v) is 7.76. The van der Waals surface area contributed by atoms with E-state index in [0.717, 1.165) is 41.3 Å². The number of aromatic nitrogens is 2. The highest BCUT2D eigenvalue weighted by molar-refractivity contribution is 5.94. The highest BCUT2D eigenvalue weighted by Crippen LogP contribution is 2.33. The highest BCUT2D eigenvalue weighted by atomic mass is 16.2. The molecular weight excluding hydrogens is 288 g/mol. The minimum atomic E-state index is 0.0897. The number of hydrogen-bond donors (Lipinski definition) is 1. The lowest BCUT2D eigenvalue weighted by molar-refractivity contribution is -0.116. The fourth-order valence-electron chi connectivity index (χ4n) is 3.35. The number of fused-ring (bicyclic) bond motifs is 2. The van der Waals surface area contributed by atoms with E-state index < -0.39 is 0 Å². The first-order chi connectivity index (χ1) is 11.2. The lowest BCUT2D eigenvalue weighted by atomic mass is 10.0. The van der Waals surface area contributed by atoms with Crippen molar-refractivity contribution in [1.29, 1.82) is 0 Å². The molecule has 2 aromatic heterocycles. The van der Waals surface area contributed by atoms with Crippen LogP contribution in [0, 0.1) is 0 Å². The van der Waals surface area contributed by atoms with Gasteiger partial charge in [-0.25, -0.2) is 4.98 Å². The Bertz CT molecular complexity index is 913. The van der Waals surface area contributed by atoms with Crippen LogP contribution in [0.5, 0.6) is 0 Å². The van der Waals surface area contributed by atoms with Crippen molar-refractivity contribution in [2.75, 3.05) is 11.4 Å². The molecule has 2 N–H and O–H groups in total. The third-order valence-electron chi connectivity index (χ3n) is 4.45. The fourth-order valence-corrected chi connectivity index (χ4v) is 3.35. The van der Waals surface area contributed by atoms with Gasteiger partial charge in [0.15, 0.2) is 0 Å². The molecule has 0 saturated carbocycles. The number of carbonyl (C=O) groups is 1. The van der Waals surface area contributed by atoms with Gasteiger partial charge in [-0.3, -0.25) is 4.79 Å². The van der Waals surface area contributed by atoms with Gasteiger partial charge in [-0.15, -0.1) is 0 Å². The largest absolute Gasteiger partial charge is 0.325 e. The zero-order valence-corrected chi connectivity index (χ0v) is 13.0.